The van der Waals surface area contributed by atoms with E-state index in [9.17, 15) is 14.4 Å². The quantitative estimate of drug-likeness (QED) is 0.375. The lowest BCUT2D eigenvalue weighted by atomic mass is 9.84. The summed E-state index contributed by atoms with van der Waals surface area (Å²) in [5, 5.41) is 17.8. The van der Waals surface area contributed by atoms with Gasteiger partial charge in [0.15, 0.2) is 5.41 Å². The van der Waals surface area contributed by atoms with E-state index < -0.39 is 17.4 Å². The molecular formula is C13H20O5. The van der Waals surface area contributed by atoms with Crippen LogP contribution in [0.4, 0.5) is 0 Å². The summed E-state index contributed by atoms with van der Waals surface area (Å²) >= 11 is 0. The summed E-state index contributed by atoms with van der Waals surface area (Å²) in [7, 11) is 0. The maximum atomic E-state index is 10.9. The number of carbonyl (C=O) groups excluding carboxylic acids is 1. The number of hydrogen-bond acceptors (Lipinski definition) is 3. The lowest BCUT2D eigenvalue weighted by Gasteiger charge is -2.19. The molecule has 18 heavy (non-hydrogen) atoms. The first-order valence-corrected chi connectivity index (χ1v) is 6.08. The molecule has 0 aromatic carbocycles. The summed E-state index contributed by atoms with van der Waals surface area (Å²) in [6.07, 6.45) is 3.50. The number of carbonyl (C=O) groups is 2. The van der Waals surface area contributed by atoms with E-state index in [4.69, 9.17) is 10.2 Å². The van der Waals surface area contributed by atoms with Gasteiger partial charge in [-0.2, -0.15) is 0 Å². The normalized spacial score (nSPS) is 10.8. The van der Waals surface area contributed by atoms with Gasteiger partial charge in [-0.25, -0.2) is 4.79 Å². The zero-order chi connectivity index (χ0) is 14.2. The van der Waals surface area contributed by atoms with Gasteiger partial charge in [0.05, 0.1) is 0 Å². The van der Waals surface area contributed by atoms with Crippen molar-refractivity contribution in [1.82, 2.24) is 0 Å². The van der Waals surface area contributed by atoms with Crippen LogP contribution < -0.4 is 0 Å². The molecule has 0 aliphatic heterocycles. The molecule has 0 radical (unpaired) electrons. The number of carboxylic acids is 2. The number of hydrogen-bond donors (Lipinski definition) is 2. The summed E-state index contributed by atoms with van der Waals surface area (Å²) in [6.45, 7) is 3.20. The molecule has 102 valence electrons. The third-order valence-electron chi connectivity index (χ3n) is 3.10. The van der Waals surface area contributed by atoms with Gasteiger partial charge in [0.1, 0.15) is 5.94 Å². The van der Waals surface area contributed by atoms with Gasteiger partial charge in [-0.1, -0.05) is 19.8 Å². The van der Waals surface area contributed by atoms with Gasteiger partial charge in [-0.3, -0.25) is 9.59 Å². The maximum absolute atomic E-state index is 10.9. The van der Waals surface area contributed by atoms with Crippen LogP contribution in [-0.4, -0.2) is 28.1 Å². The Morgan fingerprint density at radius 2 is 1.67 bits per heavy atom. The minimum atomic E-state index is -1.84. The third-order valence-corrected chi connectivity index (χ3v) is 3.10. The number of unbranched alkanes of at least 4 members (excludes halogenated alkanes) is 2. The van der Waals surface area contributed by atoms with Gasteiger partial charge in [-0.15, -0.1) is 0 Å². The summed E-state index contributed by atoms with van der Waals surface area (Å²) in [5.74, 6) is -0.969. The van der Waals surface area contributed by atoms with Crippen molar-refractivity contribution >= 4 is 17.9 Å². The molecule has 0 aromatic heterocycles. The van der Waals surface area contributed by atoms with E-state index in [0.717, 1.165) is 26.2 Å². The van der Waals surface area contributed by atoms with Crippen LogP contribution in [0, 0.1) is 5.41 Å². The molecule has 0 rings (SSSR count). The fraction of sp³-hybridized carbons (Fsp3) is 0.692. The fourth-order valence-corrected chi connectivity index (χ4v) is 1.52. The van der Waals surface area contributed by atoms with Crippen LogP contribution in [0.15, 0.2) is 5.57 Å². The van der Waals surface area contributed by atoms with E-state index in [1.54, 1.807) is 5.94 Å². The van der Waals surface area contributed by atoms with Crippen LogP contribution in [0.2, 0.25) is 0 Å². The van der Waals surface area contributed by atoms with Gasteiger partial charge < -0.3 is 10.2 Å². The van der Waals surface area contributed by atoms with Crippen molar-refractivity contribution in [1.29, 1.82) is 0 Å². The van der Waals surface area contributed by atoms with E-state index >= 15 is 0 Å². The molecule has 2 N–H and O–H groups in total. The van der Waals surface area contributed by atoms with Gasteiger partial charge in [0.2, 0.25) is 0 Å². The van der Waals surface area contributed by atoms with Crippen molar-refractivity contribution in [3.63, 3.8) is 0 Å². The van der Waals surface area contributed by atoms with E-state index in [-0.39, 0.29) is 12.8 Å². The standard InChI is InChI=1S/C13H20O5/c1-3-4-5-6-10(9-14)7-8-13(2,11(15)16)12(17)18/h3-8H2,1-2H3,(H,15,16)(H,17,18). The van der Waals surface area contributed by atoms with Crippen LogP contribution in [-0.2, 0) is 14.4 Å². The van der Waals surface area contributed by atoms with Crippen molar-refractivity contribution in [2.75, 3.05) is 0 Å². The highest BCUT2D eigenvalue weighted by Crippen LogP contribution is 2.27. The predicted octanol–water partition coefficient (Wildman–Crippen LogP) is 2.28. The molecule has 0 saturated carbocycles. The highest BCUT2D eigenvalue weighted by molar-refractivity contribution is 5.97. The molecule has 5 nitrogen and oxygen atoms in total. The molecule has 0 fully saturated rings. The van der Waals surface area contributed by atoms with E-state index in [1.165, 1.54) is 0 Å². The minimum absolute atomic E-state index is 0.0889. The summed E-state index contributed by atoms with van der Waals surface area (Å²) < 4.78 is 0. The Labute approximate surface area is 107 Å². The van der Waals surface area contributed by atoms with E-state index in [1.807, 2.05) is 6.92 Å². The zero-order valence-electron chi connectivity index (χ0n) is 10.9. The van der Waals surface area contributed by atoms with Gasteiger partial charge in [0.25, 0.3) is 0 Å². The largest absolute Gasteiger partial charge is 0.480 e. The Hall–Kier alpha value is -1.61. The highest BCUT2D eigenvalue weighted by atomic mass is 16.4. The lowest BCUT2D eigenvalue weighted by molar-refractivity contribution is -0.163. The van der Waals surface area contributed by atoms with Crippen molar-refractivity contribution in [2.24, 2.45) is 5.41 Å². The molecule has 5 heteroatoms. The Morgan fingerprint density at radius 3 is 2.06 bits per heavy atom. The van der Waals surface area contributed by atoms with Gasteiger partial charge >= 0.3 is 11.9 Å². The summed E-state index contributed by atoms with van der Waals surface area (Å²) in [4.78, 5) is 32.6. The summed E-state index contributed by atoms with van der Waals surface area (Å²) in [6, 6.07) is 0. The molecule has 0 atom stereocenters. The Morgan fingerprint density at radius 1 is 1.11 bits per heavy atom. The topological polar surface area (TPSA) is 91.7 Å². The monoisotopic (exact) mass is 256 g/mol. The molecule has 0 saturated heterocycles. The van der Waals surface area contributed by atoms with Crippen molar-refractivity contribution in [3.8, 4) is 0 Å². The molecule has 0 amide bonds. The second-order valence-electron chi connectivity index (χ2n) is 4.61. The van der Waals surface area contributed by atoms with Gasteiger partial charge in [0, 0.05) is 5.57 Å². The Kier molecular flexibility index (Phi) is 6.98. The molecule has 0 spiro atoms. The minimum Gasteiger partial charge on any atom is -0.480 e. The van der Waals surface area contributed by atoms with Crippen molar-refractivity contribution in [3.05, 3.63) is 5.57 Å². The molecule has 0 heterocycles. The van der Waals surface area contributed by atoms with E-state index in [0.29, 0.717) is 12.0 Å². The lowest BCUT2D eigenvalue weighted by Crippen LogP contribution is -2.36. The molecule has 0 aliphatic rings. The number of allylic oxidation sites excluding steroid dienone is 1. The van der Waals surface area contributed by atoms with Crippen LogP contribution in [0.3, 0.4) is 0 Å². The number of aliphatic carboxylic acids is 2. The first-order chi connectivity index (χ1) is 8.38. The third kappa shape index (κ3) is 4.72. The van der Waals surface area contributed by atoms with Crippen LogP contribution in [0.25, 0.3) is 0 Å². The average molecular weight is 256 g/mol. The molecule has 0 aliphatic carbocycles. The molecule has 0 unspecified atom stereocenters. The summed E-state index contributed by atoms with van der Waals surface area (Å²) in [5.41, 5.74) is -1.37. The van der Waals surface area contributed by atoms with E-state index in [2.05, 4.69) is 0 Å². The fourth-order valence-electron chi connectivity index (χ4n) is 1.52. The first kappa shape index (κ1) is 16.4. The number of carboxylic acid groups (broad SMARTS) is 2. The van der Waals surface area contributed by atoms with Crippen molar-refractivity contribution in [2.45, 2.75) is 52.4 Å². The predicted molar refractivity (Wildman–Crippen MR) is 66.0 cm³/mol. The van der Waals surface area contributed by atoms with Crippen molar-refractivity contribution < 1.29 is 24.6 Å². The SMILES string of the molecule is CCCCCC(=C=O)CCC(C)(C(=O)O)C(=O)O. The first-order valence-electron chi connectivity index (χ1n) is 6.08. The molecular weight excluding hydrogens is 236 g/mol. The second kappa shape index (κ2) is 7.67. The molecule has 0 aromatic rings. The zero-order valence-corrected chi connectivity index (χ0v) is 10.9. The Bertz CT molecular complexity index is 338. The average Bonchev–Trinajstić information content (AvgIpc) is 2.32. The van der Waals surface area contributed by atoms with Crippen LogP contribution in [0.5, 0.6) is 0 Å². The smallest absolute Gasteiger partial charge is 0.320 e. The molecule has 0 bridgehead atoms. The second-order valence-corrected chi connectivity index (χ2v) is 4.61. The van der Waals surface area contributed by atoms with Crippen LogP contribution >= 0.6 is 0 Å². The van der Waals surface area contributed by atoms with Crippen LogP contribution in [0.1, 0.15) is 52.4 Å². The number of rotatable bonds is 9. The Balaban J connectivity index is 4.47. The van der Waals surface area contributed by atoms with Gasteiger partial charge in [-0.05, 0) is 32.6 Å². The maximum Gasteiger partial charge on any atom is 0.320 e. The highest BCUT2D eigenvalue weighted by Gasteiger charge is 2.41.